The number of carbonyl (C=O) groups excluding carboxylic acids is 2. The van der Waals surface area contributed by atoms with Crippen LogP contribution in [0.5, 0.6) is 0 Å². The SMILES string of the molecule is Cc1cc(N2CCCC2)ccc1NC(=O)CN1CCNC(=O)C1(C)C. The molecular formula is C19H28N4O2. The molecule has 0 saturated carbocycles. The standard InChI is InChI=1S/C19H28N4O2/c1-14-12-15(22-9-4-5-10-22)6-7-16(14)21-17(24)13-23-11-8-20-18(25)19(23,2)3/h6-7,12H,4-5,8-11,13H2,1-3H3,(H,20,25)(H,21,24). The Morgan fingerprint density at radius 1 is 1.24 bits per heavy atom. The Balaban J connectivity index is 1.63. The number of nitrogens with zero attached hydrogens (tertiary/aromatic N) is 2. The minimum atomic E-state index is -0.662. The normalized spacial score (nSPS) is 20.4. The first-order chi connectivity index (χ1) is 11.9. The highest BCUT2D eigenvalue weighted by Gasteiger charge is 2.38. The zero-order valence-corrected chi connectivity index (χ0v) is 15.4. The van der Waals surface area contributed by atoms with Crippen LogP contribution in [-0.4, -0.2) is 55.0 Å². The van der Waals surface area contributed by atoms with E-state index < -0.39 is 5.54 Å². The summed E-state index contributed by atoms with van der Waals surface area (Å²) < 4.78 is 0. The van der Waals surface area contributed by atoms with Gasteiger partial charge in [0.2, 0.25) is 11.8 Å². The minimum absolute atomic E-state index is 0.0299. The van der Waals surface area contributed by atoms with Crippen LogP contribution in [0.4, 0.5) is 11.4 Å². The van der Waals surface area contributed by atoms with Crippen LogP contribution < -0.4 is 15.5 Å². The first kappa shape index (κ1) is 17.7. The Labute approximate surface area is 149 Å². The topological polar surface area (TPSA) is 64.7 Å². The van der Waals surface area contributed by atoms with Gasteiger partial charge in [-0.05, 0) is 57.4 Å². The van der Waals surface area contributed by atoms with E-state index in [0.717, 1.165) is 24.3 Å². The summed E-state index contributed by atoms with van der Waals surface area (Å²) in [6.07, 6.45) is 2.49. The lowest BCUT2D eigenvalue weighted by molar-refractivity contribution is -0.136. The fourth-order valence-electron chi connectivity index (χ4n) is 3.54. The molecule has 2 amide bonds. The van der Waals surface area contributed by atoms with Crippen molar-refractivity contribution < 1.29 is 9.59 Å². The Bertz CT molecular complexity index is 665. The molecule has 0 atom stereocenters. The number of hydrogen-bond donors (Lipinski definition) is 2. The second-order valence-electron chi connectivity index (χ2n) is 7.48. The highest BCUT2D eigenvalue weighted by atomic mass is 16.2. The van der Waals surface area contributed by atoms with Crippen LogP contribution >= 0.6 is 0 Å². The third-order valence-electron chi connectivity index (χ3n) is 5.30. The summed E-state index contributed by atoms with van der Waals surface area (Å²) in [7, 11) is 0. The molecule has 6 heteroatoms. The Morgan fingerprint density at radius 3 is 2.64 bits per heavy atom. The summed E-state index contributed by atoms with van der Waals surface area (Å²) in [6, 6.07) is 6.19. The number of carbonyl (C=O) groups is 2. The molecule has 2 aliphatic rings. The van der Waals surface area contributed by atoms with Crippen molar-refractivity contribution in [3.05, 3.63) is 23.8 Å². The summed E-state index contributed by atoms with van der Waals surface area (Å²) in [5.74, 6) is -0.113. The van der Waals surface area contributed by atoms with Crippen molar-refractivity contribution in [3.8, 4) is 0 Å². The van der Waals surface area contributed by atoms with Crippen molar-refractivity contribution in [1.82, 2.24) is 10.2 Å². The third-order valence-corrected chi connectivity index (χ3v) is 5.30. The van der Waals surface area contributed by atoms with Gasteiger partial charge in [-0.25, -0.2) is 0 Å². The fraction of sp³-hybridized carbons (Fsp3) is 0.579. The van der Waals surface area contributed by atoms with E-state index in [-0.39, 0.29) is 18.4 Å². The number of hydrogen-bond acceptors (Lipinski definition) is 4. The lowest BCUT2D eigenvalue weighted by Gasteiger charge is -2.40. The van der Waals surface area contributed by atoms with Gasteiger partial charge < -0.3 is 15.5 Å². The molecular weight excluding hydrogens is 316 g/mol. The van der Waals surface area contributed by atoms with Crippen molar-refractivity contribution in [3.63, 3.8) is 0 Å². The highest BCUT2D eigenvalue weighted by Crippen LogP contribution is 2.25. The smallest absolute Gasteiger partial charge is 0.240 e. The first-order valence-electron chi connectivity index (χ1n) is 9.07. The molecule has 3 rings (SSSR count). The van der Waals surface area contributed by atoms with E-state index >= 15 is 0 Å². The Kier molecular flexibility index (Phi) is 4.99. The van der Waals surface area contributed by atoms with Gasteiger partial charge in [-0.2, -0.15) is 0 Å². The van der Waals surface area contributed by atoms with Crippen molar-refractivity contribution in [2.75, 3.05) is 42.9 Å². The van der Waals surface area contributed by atoms with E-state index in [1.165, 1.54) is 18.5 Å². The van der Waals surface area contributed by atoms with Gasteiger partial charge in [-0.3, -0.25) is 14.5 Å². The van der Waals surface area contributed by atoms with Crippen LogP contribution in [0.1, 0.15) is 32.3 Å². The van der Waals surface area contributed by atoms with Crippen molar-refractivity contribution >= 4 is 23.2 Å². The number of nitrogens with one attached hydrogen (secondary N) is 2. The molecule has 2 N–H and O–H groups in total. The molecule has 136 valence electrons. The highest BCUT2D eigenvalue weighted by molar-refractivity contribution is 5.94. The zero-order valence-electron chi connectivity index (χ0n) is 15.4. The quantitative estimate of drug-likeness (QED) is 0.873. The lowest BCUT2D eigenvalue weighted by Crippen LogP contribution is -2.62. The van der Waals surface area contributed by atoms with E-state index in [0.29, 0.717) is 13.1 Å². The Hall–Kier alpha value is -2.08. The van der Waals surface area contributed by atoms with Gasteiger partial charge in [0.25, 0.3) is 0 Å². The van der Waals surface area contributed by atoms with Crippen molar-refractivity contribution in [1.29, 1.82) is 0 Å². The molecule has 0 unspecified atom stereocenters. The molecule has 0 radical (unpaired) electrons. The number of anilines is 2. The Morgan fingerprint density at radius 2 is 1.96 bits per heavy atom. The van der Waals surface area contributed by atoms with Crippen LogP contribution in [0.2, 0.25) is 0 Å². The number of amides is 2. The van der Waals surface area contributed by atoms with Crippen LogP contribution in [-0.2, 0) is 9.59 Å². The van der Waals surface area contributed by atoms with Crippen LogP contribution in [0.3, 0.4) is 0 Å². The summed E-state index contributed by atoms with van der Waals surface area (Å²) in [5.41, 5.74) is 2.46. The largest absolute Gasteiger partial charge is 0.372 e. The summed E-state index contributed by atoms with van der Waals surface area (Å²) in [5, 5.41) is 5.85. The van der Waals surface area contributed by atoms with Crippen LogP contribution in [0.25, 0.3) is 0 Å². The van der Waals surface area contributed by atoms with Crippen LogP contribution in [0, 0.1) is 6.92 Å². The molecule has 6 nitrogen and oxygen atoms in total. The molecule has 1 aromatic rings. The maximum absolute atomic E-state index is 12.5. The first-order valence-corrected chi connectivity index (χ1v) is 9.07. The van der Waals surface area contributed by atoms with E-state index in [9.17, 15) is 9.59 Å². The molecule has 0 aromatic heterocycles. The summed E-state index contributed by atoms with van der Waals surface area (Å²) >= 11 is 0. The summed E-state index contributed by atoms with van der Waals surface area (Å²) in [6.45, 7) is 9.42. The van der Waals surface area contributed by atoms with E-state index in [4.69, 9.17) is 0 Å². The van der Waals surface area contributed by atoms with Gasteiger partial charge in [0.15, 0.2) is 0 Å². The van der Waals surface area contributed by atoms with Gasteiger partial charge in [-0.15, -0.1) is 0 Å². The predicted molar refractivity (Wildman–Crippen MR) is 99.9 cm³/mol. The average molecular weight is 344 g/mol. The molecule has 2 aliphatic heterocycles. The molecule has 0 aliphatic carbocycles. The van der Waals surface area contributed by atoms with Gasteiger partial charge in [0, 0.05) is 37.6 Å². The van der Waals surface area contributed by atoms with E-state index in [2.05, 4.69) is 27.7 Å². The number of benzene rings is 1. The molecule has 0 bridgehead atoms. The maximum atomic E-state index is 12.5. The summed E-state index contributed by atoms with van der Waals surface area (Å²) in [4.78, 5) is 28.8. The number of piperazine rings is 1. The minimum Gasteiger partial charge on any atom is -0.372 e. The van der Waals surface area contributed by atoms with Gasteiger partial charge in [0.1, 0.15) is 0 Å². The molecule has 2 saturated heterocycles. The van der Waals surface area contributed by atoms with Crippen LogP contribution in [0.15, 0.2) is 18.2 Å². The van der Waals surface area contributed by atoms with Crippen molar-refractivity contribution in [2.24, 2.45) is 0 Å². The van der Waals surface area contributed by atoms with Gasteiger partial charge in [0.05, 0.1) is 12.1 Å². The molecule has 25 heavy (non-hydrogen) atoms. The zero-order chi connectivity index (χ0) is 18.0. The third kappa shape index (κ3) is 3.79. The van der Waals surface area contributed by atoms with E-state index in [1.54, 1.807) is 0 Å². The molecule has 1 aromatic carbocycles. The molecule has 0 spiro atoms. The average Bonchev–Trinajstić information content (AvgIpc) is 3.09. The van der Waals surface area contributed by atoms with Gasteiger partial charge in [-0.1, -0.05) is 0 Å². The fourth-order valence-corrected chi connectivity index (χ4v) is 3.54. The predicted octanol–water partition coefficient (Wildman–Crippen LogP) is 1.74. The lowest BCUT2D eigenvalue weighted by atomic mass is 9.99. The number of rotatable bonds is 4. The molecule has 2 fully saturated rings. The maximum Gasteiger partial charge on any atom is 0.240 e. The van der Waals surface area contributed by atoms with Gasteiger partial charge >= 0.3 is 0 Å². The second kappa shape index (κ2) is 7.04. The molecule has 2 heterocycles. The number of aryl methyl sites for hydroxylation is 1. The second-order valence-corrected chi connectivity index (χ2v) is 7.48. The monoisotopic (exact) mass is 344 g/mol. The van der Waals surface area contributed by atoms with Crippen molar-refractivity contribution in [2.45, 2.75) is 39.2 Å². The van der Waals surface area contributed by atoms with E-state index in [1.807, 2.05) is 31.7 Å².